The Labute approximate surface area is 128 Å². The van der Waals surface area contributed by atoms with Crippen LogP contribution < -0.4 is 0 Å². The molecule has 2 nitrogen and oxygen atoms in total. The van der Waals surface area contributed by atoms with Gasteiger partial charge in [-0.2, -0.15) is 0 Å². The van der Waals surface area contributed by atoms with Crippen LogP contribution in [0.5, 0.6) is 0 Å². The second kappa shape index (κ2) is 6.76. The maximum atomic E-state index is 12.4. The van der Waals surface area contributed by atoms with Gasteiger partial charge < -0.3 is 4.90 Å². The summed E-state index contributed by atoms with van der Waals surface area (Å²) in [6.07, 6.45) is 2.86. The van der Waals surface area contributed by atoms with Crippen molar-refractivity contribution in [3.8, 4) is 0 Å². The Balaban J connectivity index is 1.94. The smallest absolute Gasteiger partial charge is 0.236 e. The molecule has 1 aromatic rings. The Morgan fingerprint density at radius 3 is 2.68 bits per heavy atom. The zero-order chi connectivity index (χ0) is 13.8. The average Bonchev–Trinajstić information content (AvgIpc) is 2.41. The van der Waals surface area contributed by atoms with Crippen molar-refractivity contribution >= 4 is 33.4 Å². The minimum absolute atomic E-state index is 0.180. The first-order valence-corrected chi connectivity index (χ1v) is 8.03. The van der Waals surface area contributed by atoms with Gasteiger partial charge in [0, 0.05) is 18.1 Å². The lowest BCUT2D eigenvalue weighted by Crippen LogP contribution is -2.42. The number of carbonyl (C=O) groups excluding carboxylic acids is 1. The molecule has 1 aromatic carbocycles. The van der Waals surface area contributed by atoms with Crippen LogP contribution in [0.15, 0.2) is 24.3 Å². The lowest BCUT2D eigenvalue weighted by molar-refractivity contribution is -0.131. The van der Waals surface area contributed by atoms with E-state index in [9.17, 15) is 4.79 Å². The molecule has 0 N–H and O–H groups in total. The molecule has 1 aliphatic rings. The third kappa shape index (κ3) is 3.96. The average molecular weight is 345 g/mol. The maximum Gasteiger partial charge on any atom is 0.236 e. The van der Waals surface area contributed by atoms with Crippen LogP contribution >= 0.6 is 27.5 Å². The molecule has 4 heteroatoms. The van der Waals surface area contributed by atoms with Crippen molar-refractivity contribution in [1.29, 1.82) is 0 Å². The highest BCUT2D eigenvalue weighted by Crippen LogP contribution is 2.22. The SMILES string of the molecule is CC1CCN(C(=O)C(Br)Cc2ccccc2Cl)CC1. The standard InChI is InChI=1S/C15H19BrClNO/c1-11-6-8-18(9-7-11)15(19)13(16)10-12-4-2-3-5-14(12)17/h2-5,11,13H,6-10H2,1H3. The first-order chi connectivity index (χ1) is 9.08. The Kier molecular flexibility index (Phi) is 5.28. The number of hydrogen-bond donors (Lipinski definition) is 0. The topological polar surface area (TPSA) is 20.3 Å². The van der Waals surface area contributed by atoms with Crippen molar-refractivity contribution in [3.05, 3.63) is 34.9 Å². The number of hydrogen-bond acceptors (Lipinski definition) is 1. The Morgan fingerprint density at radius 2 is 2.05 bits per heavy atom. The van der Waals surface area contributed by atoms with Crippen molar-refractivity contribution < 1.29 is 4.79 Å². The molecule has 2 rings (SSSR count). The molecule has 1 amide bonds. The highest BCUT2D eigenvalue weighted by molar-refractivity contribution is 9.10. The van der Waals surface area contributed by atoms with Gasteiger partial charge in [0.2, 0.25) is 5.91 Å². The van der Waals surface area contributed by atoms with E-state index < -0.39 is 0 Å². The van der Waals surface area contributed by atoms with Crippen LogP contribution in [0, 0.1) is 5.92 Å². The second-order valence-corrected chi connectivity index (χ2v) is 6.78. The number of carbonyl (C=O) groups is 1. The van der Waals surface area contributed by atoms with Crippen LogP contribution in [0.25, 0.3) is 0 Å². The number of rotatable bonds is 3. The zero-order valence-corrected chi connectivity index (χ0v) is 13.5. The van der Waals surface area contributed by atoms with Gasteiger partial charge in [0.05, 0.1) is 4.83 Å². The van der Waals surface area contributed by atoms with E-state index in [0.29, 0.717) is 6.42 Å². The van der Waals surface area contributed by atoms with Gasteiger partial charge in [-0.05, 0) is 36.8 Å². The first-order valence-electron chi connectivity index (χ1n) is 6.74. The molecule has 1 saturated heterocycles. The number of amides is 1. The number of nitrogens with zero attached hydrogens (tertiary/aromatic N) is 1. The molecule has 0 spiro atoms. The predicted octanol–water partition coefficient (Wildman–Crippen LogP) is 3.90. The molecular weight excluding hydrogens is 326 g/mol. The quantitative estimate of drug-likeness (QED) is 0.761. The number of piperidine rings is 1. The molecule has 19 heavy (non-hydrogen) atoms. The van der Waals surface area contributed by atoms with Gasteiger partial charge in [0.1, 0.15) is 0 Å². The minimum Gasteiger partial charge on any atom is -0.342 e. The fraction of sp³-hybridized carbons (Fsp3) is 0.533. The van der Waals surface area contributed by atoms with Crippen molar-refractivity contribution in [3.63, 3.8) is 0 Å². The maximum absolute atomic E-state index is 12.4. The van der Waals surface area contributed by atoms with Gasteiger partial charge >= 0.3 is 0 Å². The van der Waals surface area contributed by atoms with E-state index in [1.165, 1.54) is 0 Å². The van der Waals surface area contributed by atoms with E-state index in [2.05, 4.69) is 22.9 Å². The summed E-state index contributed by atoms with van der Waals surface area (Å²) in [6, 6.07) is 7.70. The second-order valence-electron chi connectivity index (χ2n) is 5.27. The van der Waals surface area contributed by atoms with Gasteiger partial charge in [0.25, 0.3) is 0 Å². The molecule has 1 unspecified atom stereocenters. The van der Waals surface area contributed by atoms with Gasteiger partial charge in [-0.25, -0.2) is 0 Å². The molecule has 0 radical (unpaired) electrons. The number of halogens is 2. The lowest BCUT2D eigenvalue weighted by atomic mass is 9.98. The van der Waals surface area contributed by atoms with Gasteiger partial charge in [-0.15, -0.1) is 0 Å². The molecular formula is C15H19BrClNO. The molecule has 1 heterocycles. The first kappa shape index (κ1) is 14.9. The van der Waals surface area contributed by atoms with Crippen molar-refractivity contribution in [2.75, 3.05) is 13.1 Å². The molecule has 1 aliphatic heterocycles. The van der Waals surface area contributed by atoms with Crippen molar-refractivity contribution in [1.82, 2.24) is 4.90 Å². The summed E-state index contributed by atoms with van der Waals surface area (Å²) in [7, 11) is 0. The molecule has 1 atom stereocenters. The number of likely N-dealkylation sites (tertiary alicyclic amines) is 1. The van der Waals surface area contributed by atoms with E-state index in [1.807, 2.05) is 29.2 Å². The third-order valence-electron chi connectivity index (χ3n) is 3.72. The van der Waals surface area contributed by atoms with Crippen LogP contribution in [0.2, 0.25) is 5.02 Å². The largest absolute Gasteiger partial charge is 0.342 e. The minimum atomic E-state index is -0.180. The van der Waals surface area contributed by atoms with Gasteiger partial charge in [0.15, 0.2) is 0 Å². The van der Waals surface area contributed by atoms with Crippen LogP contribution in [-0.4, -0.2) is 28.7 Å². The Morgan fingerprint density at radius 1 is 1.42 bits per heavy atom. The van der Waals surface area contributed by atoms with Crippen molar-refractivity contribution in [2.24, 2.45) is 5.92 Å². The molecule has 0 saturated carbocycles. The molecule has 0 aromatic heterocycles. The fourth-order valence-electron chi connectivity index (χ4n) is 2.37. The summed E-state index contributed by atoms with van der Waals surface area (Å²) in [6.45, 7) is 4.01. The lowest BCUT2D eigenvalue weighted by Gasteiger charge is -2.31. The fourth-order valence-corrected chi connectivity index (χ4v) is 3.22. The number of alkyl halides is 1. The summed E-state index contributed by atoms with van der Waals surface area (Å²) < 4.78 is 0. The van der Waals surface area contributed by atoms with Crippen LogP contribution in [0.4, 0.5) is 0 Å². The third-order valence-corrected chi connectivity index (χ3v) is 4.80. The van der Waals surface area contributed by atoms with E-state index in [1.54, 1.807) is 0 Å². The monoisotopic (exact) mass is 343 g/mol. The highest BCUT2D eigenvalue weighted by Gasteiger charge is 2.25. The Bertz CT molecular complexity index is 444. The molecule has 1 fully saturated rings. The zero-order valence-electron chi connectivity index (χ0n) is 11.1. The normalized spacial score (nSPS) is 18.4. The van der Waals surface area contributed by atoms with E-state index >= 15 is 0 Å². The Hall–Kier alpha value is -0.540. The van der Waals surface area contributed by atoms with Crippen LogP contribution in [0.3, 0.4) is 0 Å². The van der Waals surface area contributed by atoms with Gasteiger partial charge in [-0.1, -0.05) is 52.7 Å². The van der Waals surface area contributed by atoms with Crippen molar-refractivity contribution in [2.45, 2.75) is 31.0 Å². The summed E-state index contributed by atoms with van der Waals surface area (Å²) in [5.41, 5.74) is 1.02. The molecule has 104 valence electrons. The molecule has 0 aliphatic carbocycles. The van der Waals surface area contributed by atoms with Crippen LogP contribution in [0.1, 0.15) is 25.3 Å². The summed E-state index contributed by atoms with van der Waals surface area (Å²) in [5, 5.41) is 0.729. The van der Waals surface area contributed by atoms with E-state index in [0.717, 1.165) is 42.4 Å². The van der Waals surface area contributed by atoms with E-state index in [4.69, 9.17) is 11.6 Å². The summed E-state index contributed by atoms with van der Waals surface area (Å²) in [5.74, 6) is 0.924. The number of benzene rings is 1. The highest BCUT2D eigenvalue weighted by atomic mass is 79.9. The predicted molar refractivity (Wildman–Crippen MR) is 82.8 cm³/mol. The van der Waals surface area contributed by atoms with Crippen LogP contribution in [-0.2, 0) is 11.2 Å². The summed E-state index contributed by atoms with van der Waals surface area (Å²) >= 11 is 9.65. The van der Waals surface area contributed by atoms with E-state index in [-0.39, 0.29) is 10.7 Å². The van der Waals surface area contributed by atoms with Gasteiger partial charge in [-0.3, -0.25) is 4.79 Å². The summed E-state index contributed by atoms with van der Waals surface area (Å²) in [4.78, 5) is 14.1. The molecule has 0 bridgehead atoms.